The van der Waals surface area contributed by atoms with Gasteiger partial charge < -0.3 is 34.3 Å². The van der Waals surface area contributed by atoms with Crippen LogP contribution in [-0.2, 0) is 32.1 Å². The minimum absolute atomic E-state index is 0.0167. The van der Waals surface area contributed by atoms with Gasteiger partial charge in [0.25, 0.3) is 0 Å². The largest absolute Gasteiger partial charge is 0.496 e. The maximum atomic E-state index is 13.9. The summed E-state index contributed by atoms with van der Waals surface area (Å²) in [5.41, 5.74) is 1.67. The lowest BCUT2D eigenvalue weighted by Crippen LogP contribution is -2.47. The summed E-state index contributed by atoms with van der Waals surface area (Å²) in [5, 5.41) is 35.0. The van der Waals surface area contributed by atoms with Crippen LogP contribution in [0.4, 0.5) is 0 Å². The Bertz CT molecular complexity index is 1950. The van der Waals surface area contributed by atoms with Gasteiger partial charge in [-0.2, -0.15) is 0 Å². The molecule has 3 aliphatic heterocycles. The van der Waals surface area contributed by atoms with Crippen LogP contribution in [0.15, 0.2) is 40.1 Å². The predicted octanol–water partition coefficient (Wildman–Crippen LogP) is 2.76. The molecule has 0 amide bonds. The number of fused-ring (bicyclic) bond motifs is 3. The molecule has 2 saturated carbocycles. The molecule has 5 aliphatic rings. The molecule has 0 bridgehead atoms. The second kappa shape index (κ2) is 13.4. The third kappa shape index (κ3) is 5.46. The SMILES string of the molecule is CCOC(=O)C1=C(C=O)/C(=C2/C[C@H](CO)C(=O)[C@@H](c3ccc4c(c3)=CCN=4)C2)c2c(OC)c3c(c(CO)c2O1)O[C@H]([C@@](C)(O)C1CCCC1)C3. The molecule has 0 aromatic heterocycles. The summed E-state index contributed by atoms with van der Waals surface area (Å²) in [6, 6.07) is 5.70. The highest BCUT2D eigenvalue weighted by molar-refractivity contribution is 6.11. The van der Waals surface area contributed by atoms with Gasteiger partial charge >= 0.3 is 5.97 Å². The van der Waals surface area contributed by atoms with E-state index in [1.165, 1.54) is 7.11 Å². The number of Topliss-reactive ketones (excluding diaryl/α,β-unsaturated/α-hetero) is 1. The van der Waals surface area contributed by atoms with Gasteiger partial charge in [-0.05, 0) is 68.4 Å². The van der Waals surface area contributed by atoms with Gasteiger partial charge in [0.2, 0.25) is 5.76 Å². The normalized spacial score (nSPS) is 25.4. The van der Waals surface area contributed by atoms with Crippen LogP contribution < -0.4 is 24.8 Å². The minimum Gasteiger partial charge on any atom is -0.496 e. The van der Waals surface area contributed by atoms with Crippen molar-refractivity contribution in [3.63, 3.8) is 0 Å². The zero-order valence-corrected chi connectivity index (χ0v) is 28.6. The Morgan fingerprint density at radius 3 is 2.60 bits per heavy atom. The molecule has 2 aromatic carbocycles. The number of ether oxygens (including phenoxy) is 4. The number of carbonyl (C=O) groups excluding carboxylic acids is 3. The van der Waals surface area contributed by atoms with E-state index in [0.717, 1.165) is 41.8 Å². The fourth-order valence-electron chi connectivity index (χ4n) is 8.62. The van der Waals surface area contributed by atoms with Crippen LogP contribution >= 0.6 is 0 Å². The minimum atomic E-state index is -1.18. The molecule has 0 saturated heterocycles. The molecule has 11 heteroatoms. The van der Waals surface area contributed by atoms with E-state index in [9.17, 15) is 29.7 Å². The van der Waals surface area contributed by atoms with Crippen LogP contribution in [0.25, 0.3) is 11.6 Å². The number of rotatable bonds is 9. The molecule has 2 fully saturated rings. The fraction of sp³-hybridized carbons (Fsp3) is 0.487. The Kier molecular flexibility index (Phi) is 9.17. The molecule has 2 aromatic rings. The van der Waals surface area contributed by atoms with Crippen LogP contribution in [0.5, 0.6) is 17.2 Å². The molecule has 4 atom stereocenters. The number of ketones is 1. The Labute approximate surface area is 289 Å². The Balaban J connectivity index is 1.45. The molecule has 7 rings (SSSR count). The zero-order valence-electron chi connectivity index (χ0n) is 28.6. The summed E-state index contributed by atoms with van der Waals surface area (Å²) in [6.45, 7) is 3.05. The third-order valence-corrected chi connectivity index (χ3v) is 11.2. The Morgan fingerprint density at radius 1 is 1.14 bits per heavy atom. The number of methoxy groups -OCH3 is 1. The van der Waals surface area contributed by atoms with Gasteiger partial charge in [-0.15, -0.1) is 0 Å². The zero-order chi connectivity index (χ0) is 35.3. The molecule has 0 radical (unpaired) electrons. The molecule has 0 unspecified atom stereocenters. The van der Waals surface area contributed by atoms with Gasteiger partial charge in [-0.25, -0.2) is 4.79 Å². The second-order valence-corrected chi connectivity index (χ2v) is 14.0. The standard InChI is InChI=1S/C39H43NO10/c1-4-48-38(45)37-27(18-42)31(22-14-23(17-41)33(44)25(15-22)20-9-10-29-21(13-20)11-12-40-29)32-35(47-3)26-16-30(39(2,46)24-7-5-6-8-24)49-34(26)28(19-43)36(32)50-37/h9-11,13,18,23-25,30,41,43,46H,4-8,12,14-17,19H2,1-3H3/b31-22+/t23-,25-,30+,39+/m1/s1. The fourth-order valence-corrected chi connectivity index (χ4v) is 8.62. The maximum Gasteiger partial charge on any atom is 0.375 e. The molecule has 2 aliphatic carbocycles. The van der Waals surface area contributed by atoms with Gasteiger partial charge in [-0.1, -0.05) is 30.6 Å². The average Bonchev–Trinajstić information content (AvgIpc) is 3.92. The molecular formula is C39H43NO10. The lowest BCUT2D eigenvalue weighted by Gasteiger charge is -2.35. The van der Waals surface area contributed by atoms with E-state index in [2.05, 4.69) is 4.99 Å². The number of hydrogen-bond acceptors (Lipinski definition) is 11. The number of hydrogen-bond donors (Lipinski definition) is 3. The van der Waals surface area contributed by atoms with Crippen LogP contribution in [0.3, 0.4) is 0 Å². The lowest BCUT2D eigenvalue weighted by molar-refractivity contribution is -0.141. The van der Waals surface area contributed by atoms with E-state index in [4.69, 9.17) is 18.9 Å². The summed E-state index contributed by atoms with van der Waals surface area (Å²) in [7, 11) is 1.49. The highest BCUT2D eigenvalue weighted by Crippen LogP contribution is 2.57. The number of aliphatic hydroxyl groups excluding tert-OH is 2. The highest BCUT2D eigenvalue weighted by atomic mass is 16.6. The molecule has 264 valence electrons. The number of allylic oxidation sites excluding steroid dienone is 3. The summed E-state index contributed by atoms with van der Waals surface area (Å²) in [4.78, 5) is 44.9. The van der Waals surface area contributed by atoms with Gasteiger partial charge in [0.15, 0.2) is 6.29 Å². The molecule has 3 N–H and O–H groups in total. The smallest absolute Gasteiger partial charge is 0.375 e. The van der Waals surface area contributed by atoms with Crippen molar-refractivity contribution in [2.45, 2.75) is 83.0 Å². The van der Waals surface area contributed by atoms with E-state index < -0.39 is 42.7 Å². The van der Waals surface area contributed by atoms with Crippen molar-refractivity contribution >= 4 is 29.7 Å². The first kappa shape index (κ1) is 34.1. The third-order valence-electron chi connectivity index (χ3n) is 11.2. The molecule has 50 heavy (non-hydrogen) atoms. The first-order valence-electron chi connectivity index (χ1n) is 17.5. The first-order valence-corrected chi connectivity index (χ1v) is 17.5. The van der Waals surface area contributed by atoms with E-state index >= 15 is 0 Å². The number of nitrogens with zero attached hydrogens (tertiary/aromatic N) is 1. The average molecular weight is 686 g/mol. The summed E-state index contributed by atoms with van der Waals surface area (Å²) in [6.07, 6.45) is 6.26. The van der Waals surface area contributed by atoms with Crippen molar-refractivity contribution in [2.75, 3.05) is 26.9 Å². The molecule has 3 heterocycles. The van der Waals surface area contributed by atoms with Gasteiger partial charge in [0.1, 0.15) is 34.7 Å². The van der Waals surface area contributed by atoms with Crippen molar-refractivity contribution in [1.82, 2.24) is 0 Å². The second-order valence-electron chi connectivity index (χ2n) is 14.0. The van der Waals surface area contributed by atoms with Crippen LogP contribution in [0, 0.1) is 11.8 Å². The van der Waals surface area contributed by atoms with Crippen LogP contribution in [0.1, 0.15) is 80.5 Å². The Morgan fingerprint density at radius 2 is 1.92 bits per heavy atom. The topological polar surface area (TPSA) is 161 Å². The van der Waals surface area contributed by atoms with Crippen molar-refractivity contribution in [3.8, 4) is 17.2 Å². The Hall–Kier alpha value is -4.32. The highest BCUT2D eigenvalue weighted by Gasteiger charge is 2.49. The van der Waals surface area contributed by atoms with Crippen LogP contribution in [-0.4, -0.2) is 71.9 Å². The van der Waals surface area contributed by atoms with Crippen molar-refractivity contribution in [2.24, 2.45) is 16.8 Å². The summed E-state index contributed by atoms with van der Waals surface area (Å²) in [5.74, 6) is -2.05. The van der Waals surface area contributed by atoms with Crippen molar-refractivity contribution in [1.29, 1.82) is 0 Å². The number of carbonyl (C=O) groups is 3. The maximum absolute atomic E-state index is 13.9. The number of aldehydes is 1. The van der Waals surface area contributed by atoms with E-state index in [1.54, 1.807) is 13.8 Å². The van der Waals surface area contributed by atoms with E-state index in [-0.39, 0.29) is 60.2 Å². The molecule has 11 nitrogen and oxygen atoms in total. The number of aliphatic hydroxyl groups is 3. The van der Waals surface area contributed by atoms with Crippen molar-refractivity contribution < 1.29 is 48.7 Å². The van der Waals surface area contributed by atoms with Gasteiger partial charge in [-0.3, -0.25) is 14.6 Å². The first-order chi connectivity index (χ1) is 24.2. The van der Waals surface area contributed by atoms with E-state index in [0.29, 0.717) is 46.6 Å². The number of esters is 1. The van der Waals surface area contributed by atoms with Gasteiger partial charge in [0.05, 0.1) is 55.5 Å². The molecule has 0 spiro atoms. The van der Waals surface area contributed by atoms with E-state index in [1.807, 2.05) is 24.3 Å². The van der Waals surface area contributed by atoms with Crippen LogP contribution in [0.2, 0.25) is 0 Å². The number of benzene rings is 2. The predicted molar refractivity (Wildman–Crippen MR) is 181 cm³/mol. The summed E-state index contributed by atoms with van der Waals surface area (Å²) >= 11 is 0. The lowest BCUT2D eigenvalue weighted by atomic mass is 9.71. The van der Waals surface area contributed by atoms with Gasteiger partial charge in [0, 0.05) is 29.4 Å². The monoisotopic (exact) mass is 685 g/mol. The van der Waals surface area contributed by atoms with Crippen molar-refractivity contribution in [3.05, 3.63) is 67.9 Å². The quantitative estimate of drug-likeness (QED) is 0.265. The summed E-state index contributed by atoms with van der Waals surface area (Å²) < 4.78 is 24.1. The molecular weight excluding hydrogens is 642 g/mol.